The molecule has 1 amide bonds. The zero-order valence-corrected chi connectivity index (χ0v) is 16.3. The Morgan fingerprint density at radius 1 is 1.00 bits per heavy atom. The highest BCUT2D eigenvalue weighted by Gasteiger charge is 2.05. The van der Waals surface area contributed by atoms with E-state index in [2.05, 4.69) is 58.6 Å². The van der Waals surface area contributed by atoms with Crippen molar-refractivity contribution in [2.45, 2.75) is 33.9 Å². The number of benzene rings is 1. The average molecular weight is 348 g/mol. The number of amides is 1. The van der Waals surface area contributed by atoms with E-state index in [1.165, 1.54) is 5.56 Å². The molecule has 140 valence electrons. The quantitative estimate of drug-likeness (QED) is 0.527. The maximum absolute atomic E-state index is 11.7. The normalized spacial score (nSPS) is 11.5. The monoisotopic (exact) mass is 347 g/mol. The van der Waals surface area contributed by atoms with Crippen LogP contribution >= 0.6 is 0 Å². The van der Waals surface area contributed by atoms with E-state index in [1.54, 1.807) is 19.0 Å². The molecular weight excluding hydrogens is 314 g/mol. The van der Waals surface area contributed by atoms with Crippen LogP contribution in [0.2, 0.25) is 0 Å². The van der Waals surface area contributed by atoms with E-state index in [0.717, 1.165) is 31.7 Å². The molecule has 0 fully saturated rings. The molecule has 0 aliphatic carbocycles. The number of likely N-dealkylation sites (N-methyl/N-ethyl adjacent to an activating group) is 1. The fraction of sp³-hybridized carbons (Fsp3) is 0.579. The second-order valence-electron chi connectivity index (χ2n) is 6.11. The van der Waals surface area contributed by atoms with Gasteiger partial charge in [0.05, 0.1) is 13.1 Å². The van der Waals surface area contributed by atoms with Gasteiger partial charge in [0, 0.05) is 27.2 Å². The second-order valence-corrected chi connectivity index (χ2v) is 6.11. The summed E-state index contributed by atoms with van der Waals surface area (Å²) in [7, 11) is 3.49. The molecule has 1 aromatic carbocycles. The first-order valence-corrected chi connectivity index (χ1v) is 9.02. The van der Waals surface area contributed by atoms with Crippen molar-refractivity contribution >= 4 is 11.9 Å². The molecule has 6 nitrogen and oxygen atoms in total. The minimum atomic E-state index is 0.0198. The summed E-state index contributed by atoms with van der Waals surface area (Å²) in [6.45, 7) is 11.0. The Balaban J connectivity index is 2.61. The minimum absolute atomic E-state index is 0.0198. The fourth-order valence-corrected chi connectivity index (χ4v) is 2.29. The molecule has 0 radical (unpaired) electrons. The molecule has 25 heavy (non-hydrogen) atoms. The smallest absolute Gasteiger partial charge is 0.241 e. The number of nitrogens with one attached hydrogen (secondary N) is 2. The number of rotatable bonds is 9. The van der Waals surface area contributed by atoms with Gasteiger partial charge in [-0.1, -0.05) is 38.1 Å². The van der Waals surface area contributed by atoms with E-state index in [-0.39, 0.29) is 12.5 Å². The highest BCUT2D eigenvalue weighted by Crippen LogP contribution is 2.08. The molecule has 0 heterocycles. The number of hydrogen-bond acceptors (Lipinski definition) is 3. The number of guanidine groups is 1. The first-order chi connectivity index (χ1) is 12.0. The maximum atomic E-state index is 11.7. The molecular formula is C19H33N5O. The van der Waals surface area contributed by atoms with Gasteiger partial charge in [-0.3, -0.25) is 9.69 Å². The number of carbonyl (C=O) groups is 1. The maximum Gasteiger partial charge on any atom is 0.241 e. The molecule has 0 unspecified atom stereocenters. The molecule has 0 saturated heterocycles. The molecule has 1 rings (SSSR count). The molecule has 0 spiro atoms. The highest BCUT2D eigenvalue weighted by molar-refractivity contribution is 5.86. The third kappa shape index (κ3) is 8.03. The van der Waals surface area contributed by atoms with E-state index < -0.39 is 0 Å². The third-order valence-corrected chi connectivity index (χ3v) is 3.99. The van der Waals surface area contributed by atoms with Gasteiger partial charge in [-0.15, -0.1) is 0 Å². The Hall–Kier alpha value is -2.08. The van der Waals surface area contributed by atoms with Crippen LogP contribution in [0.4, 0.5) is 0 Å². The van der Waals surface area contributed by atoms with E-state index in [0.29, 0.717) is 12.5 Å². The summed E-state index contributed by atoms with van der Waals surface area (Å²) < 4.78 is 0. The van der Waals surface area contributed by atoms with Gasteiger partial charge in [-0.25, -0.2) is 4.99 Å². The Labute approximate surface area is 152 Å². The van der Waals surface area contributed by atoms with Crippen molar-refractivity contribution in [3.05, 3.63) is 35.4 Å². The molecule has 6 heteroatoms. The SMILES string of the molecule is CCNC(=NCc1ccc(CN(CC)CC)cc1)NCC(=O)N(C)C. The predicted molar refractivity (Wildman–Crippen MR) is 105 cm³/mol. The molecule has 0 bridgehead atoms. The number of hydrogen-bond donors (Lipinski definition) is 2. The summed E-state index contributed by atoms with van der Waals surface area (Å²) in [5.74, 6) is 0.677. The van der Waals surface area contributed by atoms with Crippen LogP contribution in [0.15, 0.2) is 29.3 Å². The predicted octanol–water partition coefficient (Wildman–Crippen LogP) is 1.67. The molecule has 1 aromatic rings. The van der Waals surface area contributed by atoms with Gasteiger partial charge >= 0.3 is 0 Å². The van der Waals surface area contributed by atoms with Crippen LogP contribution in [0, 0.1) is 0 Å². The Kier molecular flexibility index (Phi) is 9.62. The van der Waals surface area contributed by atoms with Crippen LogP contribution in [0.25, 0.3) is 0 Å². The molecule has 0 aliphatic heterocycles. The summed E-state index contributed by atoms with van der Waals surface area (Å²) in [5, 5.41) is 6.23. The van der Waals surface area contributed by atoms with Crippen LogP contribution < -0.4 is 10.6 Å². The fourth-order valence-electron chi connectivity index (χ4n) is 2.29. The summed E-state index contributed by atoms with van der Waals surface area (Å²) in [6.07, 6.45) is 0. The summed E-state index contributed by atoms with van der Waals surface area (Å²) >= 11 is 0. The standard InChI is InChI=1S/C19H33N5O/c1-6-20-19(22-14-18(25)23(4)5)21-13-16-9-11-17(12-10-16)15-24(7-2)8-3/h9-12H,6-8,13-15H2,1-5H3,(H2,20,21,22). The molecule has 0 aromatic heterocycles. The van der Waals surface area contributed by atoms with E-state index in [9.17, 15) is 4.79 Å². The van der Waals surface area contributed by atoms with Crippen LogP contribution in [0.1, 0.15) is 31.9 Å². The van der Waals surface area contributed by atoms with Crippen molar-refractivity contribution in [3.8, 4) is 0 Å². The topological polar surface area (TPSA) is 60.0 Å². The van der Waals surface area contributed by atoms with Gasteiger partial charge in [0.25, 0.3) is 0 Å². The number of aliphatic imine (C=N–C) groups is 1. The van der Waals surface area contributed by atoms with Crippen molar-refractivity contribution in [2.24, 2.45) is 4.99 Å². The van der Waals surface area contributed by atoms with Gasteiger partial charge in [-0.05, 0) is 31.1 Å². The summed E-state index contributed by atoms with van der Waals surface area (Å²) in [4.78, 5) is 20.2. The Morgan fingerprint density at radius 3 is 2.12 bits per heavy atom. The van der Waals surface area contributed by atoms with Gasteiger partial charge < -0.3 is 15.5 Å². The lowest BCUT2D eigenvalue weighted by Crippen LogP contribution is -2.42. The molecule has 0 saturated carbocycles. The van der Waals surface area contributed by atoms with Crippen molar-refractivity contribution in [3.63, 3.8) is 0 Å². The Morgan fingerprint density at radius 2 is 1.60 bits per heavy atom. The highest BCUT2D eigenvalue weighted by atomic mass is 16.2. The summed E-state index contributed by atoms with van der Waals surface area (Å²) in [5.41, 5.74) is 2.47. The Bertz CT molecular complexity index is 535. The molecule has 2 N–H and O–H groups in total. The van der Waals surface area contributed by atoms with E-state index in [4.69, 9.17) is 0 Å². The van der Waals surface area contributed by atoms with Crippen molar-refractivity contribution < 1.29 is 4.79 Å². The van der Waals surface area contributed by atoms with E-state index in [1.807, 2.05) is 6.92 Å². The molecule has 0 aliphatic rings. The van der Waals surface area contributed by atoms with Gasteiger partial charge in [0.2, 0.25) is 5.91 Å². The van der Waals surface area contributed by atoms with Crippen LogP contribution in [0.3, 0.4) is 0 Å². The van der Waals surface area contributed by atoms with Crippen LogP contribution in [-0.2, 0) is 17.9 Å². The van der Waals surface area contributed by atoms with Crippen LogP contribution in [0.5, 0.6) is 0 Å². The summed E-state index contributed by atoms with van der Waals surface area (Å²) in [6, 6.07) is 8.58. The minimum Gasteiger partial charge on any atom is -0.357 e. The second kappa shape index (κ2) is 11.5. The van der Waals surface area contributed by atoms with Crippen molar-refractivity contribution in [1.29, 1.82) is 0 Å². The number of nitrogens with zero attached hydrogens (tertiary/aromatic N) is 3. The first-order valence-electron chi connectivity index (χ1n) is 9.02. The average Bonchev–Trinajstić information content (AvgIpc) is 2.62. The molecule has 0 atom stereocenters. The zero-order valence-electron chi connectivity index (χ0n) is 16.3. The zero-order chi connectivity index (χ0) is 18.7. The largest absolute Gasteiger partial charge is 0.357 e. The van der Waals surface area contributed by atoms with Gasteiger partial charge in [0.15, 0.2) is 5.96 Å². The number of carbonyl (C=O) groups excluding carboxylic acids is 1. The lowest BCUT2D eigenvalue weighted by atomic mass is 10.1. The van der Waals surface area contributed by atoms with Crippen LogP contribution in [-0.4, -0.2) is 61.9 Å². The van der Waals surface area contributed by atoms with E-state index >= 15 is 0 Å². The first kappa shape index (κ1) is 21.0. The van der Waals surface area contributed by atoms with Crippen molar-refractivity contribution in [2.75, 3.05) is 40.3 Å². The van der Waals surface area contributed by atoms with Crippen molar-refractivity contribution in [1.82, 2.24) is 20.4 Å². The van der Waals surface area contributed by atoms with Gasteiger partial charge in [0.1, 0.15) is 0 Å². The lowest BCUT2D eigenvalue weighted by Gasteiger charge is -2.18. The lowest BCUT2D eigenvalue weighted by molar-refractivity contribution is -0.127. The third-order valence-electron chi connectivity index (χ3n) is 3.99. The van der Waals surface area contributed by atoms with Gasteiger partial charge in [-0.2, -0.15) is 0 Å².